The molecule has 4 nitrogen and oxygen atoms in total. The summed E-state index contributed by atoms with van der Waals surface area (Å²) in [5.74, 6) is 0.760. The lowest BCUT2D eigenvalue weighted by Gasteiger charge is -2.18. The molecule has 0 aliphatic carbocycles. The van der Waals surface area contributed by atoms with Gasteiger partial charge in [-0.2, -0.15) is 0 Å². The van der Waals surface area contributed by atoms with Crippen molar-refractivity contribution in [1.82, 2.24) is 10.3 Å². The first kappa shape index (κ1) is 15.5. The van der Waals surface area contributed by atoms with Crippen LogP contribution in [0.3, 0.4) is 0 Å². The van der Waals surface area contributed by atoms with Crippen molar-refractivity contribution < 1.29 is 9.84 Å². The van der Waals surface area contributed by atoms with Crippen LogP contribution in [-0.4, -0.2) is 23.7 Å². The fourth-order valence-electron chi connectivity index (χ4n) is 2.48. The van der Waals surface area contributed by atoms with E-state index in [1.165, 1.54) is 0 Å². The summed E-state index contributed by atoms with van der Waals surface area (Å²) in [5, 5.41) is 13.6. The Hall–Kier alpha value is -1.91. The summed E-state index contributed by atoms with van der Waals surface area (Å²) in [6, 6.07) is 7.94. The van der Waals surface area contributed by atoms with Crippen molar-refractivity contribution in [3.8, 4) is 5.75 Å². The van der Waals surface area contributed by atoms with Crippen molar-refractivity contribution in [2.24, 2.45) is 0 Å². The predicted octanol–water partition coefficient (Wildman–Crippen LogP) is 2.53. The summed E-state index contributed by atoms with van der Waals surface area (Å²) in [7, 11) is 1.64. The van der Waals surface area contributed by atoms with Gasteiger partial charge in [-0.05, 0) is 37.1 Å². The fraction of sp³-hybridized carbons (Fsp3) is 0.353. The van der Waals surface area contributed by atoms with Crippen LogP contribution in [0.25, 0.3) is 0 Å². The third-order valence-corrected chi connectivity index (χ3v) is 3.40. The summed E-state index contributed by atoms with van der Waals surface area (Å²) in [6.45, 7) is 5.16. The predicted molar refractivity (Wildman–Crippen MR) is 83.4 cm³/mol. The number of pyridine rings is 1. The molecule has 21 heavy (non-hydrogen) atoms. The number of aliphatic hydroxyl groups excluding tert-OH is 1. The van der Waals surface area contributed by atoms with E-state index in [-0.39, 0.29) is 0 Å². The van der Waals surface area contributed by atoms with Gasteiger partial charge < -0.3 is 15.2 Å². The Labute approximate surface area is 125 Å². The quantitative estimate of drug-likeness (QED) is 0.857. The van der Waals surface area contributed by atoms with E-state index in [0.717, 1.165) is 28.0 Å². The van der Waals surface area contributed by atoms with Crippen molar-refractivity contribution in [2.45, 2.75) is 26.5 Å². The Morgan fingerprint density at radius 3 is 2.81 bits per heavy atom. The van der Waals surface area contributed by atoms with Crippen molar-refractivity contribution in [2.75, 3.05) is 13.7 Å². The number of hydrogen-bond acceptors (Lipinski definition) is 4. The standard InChI is InChI=1S/C17H22N2O2/c1-12-7-13(2)17(21-3)15(8-12)16(20)11-19-10-14-5-4-6-18-9-14/h4-9,16,19-20H,10-11H2,1-3H3. The minimum Gasteiger partial charge on any atom is -0.496 e. The van der Waals surface area contributed by atoms with Gasteiger partial charge in [0.1, 0.15) is 5.75 Å². The molecular weight excluding hydrogens is 264 g/mol. The zero-order chi connectivity index (χ0) is 15.2. The molecule has 0 aliphatic heterocycles. The molecule has 1 atom stereocenters. The number of methoxy groups -OCH3 is 1. The van der Waals surface area contributed by atoms with Crippen LogP contribution < -0.4 is 10.1 Å². The maximum Gasteiger partial charge on any atom is 0.127 e. The molecule has 0 bridgehead atoms. The molecule has 0 saturated heterocycles. The second kappa shape index (κ2) is 7.20. The van der Waals surface area contributed by atoms with Gasteiger partial charge in [-0.25, -0.2) is 0 Å². The Balaban J connectivity index is 2.02. The normalized spacial score (nSPS) is 12.2. The molecule has 0 fully saturated rings. The summed E-state index contributed by atoms with van der Waals surface area (Å²) in [4.78, 5) is 4.07. The summed E-state index contributed by atoms with van der Waals surface area (Å²) in [5.41, 5.74) is 4.08. The van der Waals surface area contributed by atoms with Crippen LogP contribution >= 0.6 is 0 Å². The highest BCUT2D eigenvalue weighted by Crippen LogP contribution is 2.29. The van der Waals surface area contributed by atoms with E-state index in [2.05, 4.69) is 16.4 Å². The van der Waals surface area contributed by atoms with E-state index < -0.39 is 6.10 Å². The van der Waals surface area contributed by atoms with E-state index in [1.807, 2.05) is 38.2 Å². The number of nitrogens with zero attached hydrogens (tertiary/aromatic N) is 1. The SMILES string of the molecule is COc1c(C)cc(C)cc1C(O)CNCc1cccnc1. The van der Waals surface area contributed by atoms with Crippen LogP contribution in [0.2, 0.25) is 0 Å². The van der Waals surface area contributed by atoms with Crippen LogP contribution in [0.4, 0.5) is 0 Å². The highest BCUT2D eigenvalue weighted by molar-refractivity contribution is 5.45. The first-order valence-electron chi connectivity index (χ1n) is 7.04. The molecule has 4 heteroatoms. The molecule has 1 aromatic carbocycles. The number of ether oxygens (including phenoxy) is 1. The topological polar surface area (TPSA) is 54.4 Å². The van der Waals surface area contributed by atoms with Gasteiger partial charge in [0.15, 0.2) is 0 Å². The highest BCUT2D eigenvalue weighted by Gasteiger charge is 2.15. The van der Waals surface area contributed by atoms with Crippen LogP contribution in [-0.2, 0) is 6.54 Å². The number of benzene rings is 1. The van der Waals surface area contributed by atoms with Gasteiger partial charge in [0.25, 0.3) is 0 Å². The highest BCUT2D eigenvalue weighted by atomic mass is 16.5. The minimum atomic E-state index is -0.602. The van der Waals surface area contributed by atoms with Crippen molar-refractivity contribution >= 4 is 0 Å². The molecule has 2 N–H and O–H groups in total. The molecule has 0 spiro atoms. The lowest BCUT2D eigenvalue weighted by molar-refractivity contribution is 0.170. The Morgan fingerprint density at radius 1 is 1.33 bits per heavy atom. The van der Waals surface area contributed by atoms with Crippen LogP contribution in [0.15, 0.2) is 36.7 Å². The lowest BCUT2D eigenvalue weighted by Crippen LogP contribution is -2.21. The third kappa shape index (κ3) is 4.03. The van der Waals surface area contributed by atoms with E-state index in [9.17, 15) is 5.11 Å². The number of aliphatic hydroxyl groups is 1. The first-order chi connectivity index (χ1) is 10.1. The Kier molecular flexibility index (Phi) is 5.31. The Bertz CT molecular complexity index is 585. The van der Waals surface area contributed by atoms with Gasteiger partial charge in [0, 0.05) is 31.0 Å². The number of rotatable bonds is 6. The maximum atomic E-state index is 10.4. The molecule has 0 aliphatic rings. The van der Waals surface area contributed by atoms with E-state index >= 15 is 0 Å². The average Bonchev–Trinajstić information content (AvgIpc) is 2.47. The van der Waals surface area contributed by atoms with Crippen LogP contribution in [0.1, 0.15) is 28.4 Å². The molecule has 1 unspecified atom stereocenters. The average molecular weight is 286 g/mol. The summed E-state index contributed by atoms with van der Waals surface area (Å²) in [6.07, 6.45) is 2.96. The first-order valence-corrected chi connectivity index (χ1v) is 7.04. The maximum absolute atomic E-state index is 10.4. The third-order valence-electron chi connectivity index (χ3n) is 3.40. The second-order valence-electron chi connectivity index (χ2n) is 5.21. The smallest absolute Gasteiger partial charge is 0.127 e. The number of aryl methyl sites for hydroxylation is 2. The number of hydrogen-bond donors (Lipinski definition) is 2. The molecule has 2 aromatic rings. The lowest BCUT2D eigenvalue weighted by atomic mass is 10.0. The summed E-state index contributed by atoms with van der Waals surface area (Å²) >= 11 is 0. The van der Waals surface area contributed by atoms with Crippen molar-refractivity contribution in [1.29, 1.82) is 0 Å². The number of nitrogens with one attached hydrogen (secondary N) is 1. The van der Waals surface area contributed by atoms with Crippen molar-refractivity contribution in [3.05, 3.63) is 58.9 Å². The Morgan fingerprint density at radius 2 is 2.14 bits per heavy atom. The van der Waals surface area contributed by atoms with Gasteiger partial charge in [-0.1, -0.05) is 17.7 Å². The summed E-state index contributed by atoms with van der Waals surface area (Å²) < 4.78 is 5.42. The van der Waals surface area contributed by atoms with Gasteiger partial charge in [-0.15, -0.1) is 0 Å². The molecule has 1 heterocycles. The van der Waals surface area contributed by atoms with Crippen LogP contribution in [0.5, 0.6) is 5.75 Å². The zero-order valence-corrected chi connectivity index (χ0v) is 12.8. The van der Waals surface area contributed by atoms with Gasteiger partial charge >= 0.3 is 0 Å². The molecular formula is C17H22N2O2. The van der Waals surface area contributed by atoms with Gasteiger partial charge in [0.2, 0.25) is 0 Å². The number of aromatic nitrogens is 1. The fourth-order valence-corrected chi connectivity index (χ4v) is 2.48. The molecule has 0 saturated carbocycles. The monoisotopic (exact) mass is 286 g/mol. The molecule has 1 aromatic heterocycles. The van der Waals surface area contributed by atoms with Gasteiger partial charge in [-0.3, -0.25) is 4.98 Å². The molecule has 112 valence electrons. The zero-order valence-electron chi connectivity index (χ0n) is 12.8. The van der Waals surface area contributed by atoms with E-state index in [4.69, 9.17) is 4.74 Å². The van der Waals surface area contributed by atoms with Crippen LogP contribution in [0, 0.1) is 13.8 Å². The van der Waals surface area contributed by atoms with Crippen molar-refractivity contribution in [3.63, 3.8) is 0 Å². The minimum absolute atomic E-state index is 0.466. The second-order valence-corrected chi connectivity index (χ2v) is 5.21. The van der Waals surface area contributed by atoms with Gasteiger partial charge in [0.05, 0.1) is 13.2 Å². The molecule has 2 rings (SSSR count). The van der Waals surface area contributed by atoms with E-state index in [0.29, 0.717) is 13.1 Å². The molecule has 0 radical (unpaired) electrons. The largest absolute Gasteiger partial charge is 0.496 e. The van der Waals surface area contributed by atoms with E-state index in [1.54, 1.807) is 13.3 Å². The molecule has 0 amide bonds.